The summed E-state index contributed by atoms with van der Waals surface area (Å²) >= 11 is 0. The van der Waals surface area contributed by atoms with Gasteiger partial charge < -0.3 is 4.74 Å². The van der Waals surface area contributed by atoms with E-state index in [0.717, 1.165) is 0 Å². The number of sulfone groups is 1. The number of esters is 1. The molecule has 22 heavy (non-hydrogen) atoms. The molecule has 0 radical (unpaired) electrons. The molecule has 0 saturated heterocycles. The number of hydrogen-bond donors (Lipinski definition) is 0. The summed E-state index contributed by atoms with van der Waals surface area (Å²) in [5.74, 6) is -0.523. The molecular weight excluding hydrogens is 302 g/mol. The van der Waals surface area contributed by atoms with Gasteiger partial charge in [0, 0.05) is 6.42 Å². The predicted octanol–water partition coefficient (Wildman–Crippen LogP) is 3.44. The molecule has 120 valence electrons. The molecule has 0 bridgehead atoms. The van der Waals surface area contributed by atoms with Gasteiger partial charge in [-0.25, -0.2) is 13.3 Å². The van der Waals surface area contributed by atoms with Crippen LogP contribution in [0.25, 0.3) is 4.85 Å². The van der Waals surface area contributed by atoms with Gasteiger partial charge in [0.05, 0.1) is 17.2 Å². The molecule has 0 spiro atoms. The molecule has 0 aliphatic heterocycles. The minimum Gasteiger partial charge on any atom is -0.460 e. The van der Waals surface area contributed by atoms with Crippen LogP contribution in [0.2, 0.25) is 0 Å². The second-order valence-electron chi connectivity index (χ2n) is 6.07. The van der Waals surface area contributed by atoms with Crippen LogP contribution in [0.1, 0.15) is 39.2 Å². The molecule has 0 unspecified atom stereocenters. The Kier molecular flexibility index (Phi) is 5.72. The summed E-state index contributed by atoms with van der Waals surface area (Å²) in [5.41, 5.74) is 0.499. The van der Waals surface area contributed by atoms with Gasteiger partial charge in [-0.2, -0.15) is 0 Å². The number of benzene rings is 1. The largest absolute Gasteiger partial charge is 0.460 e. The number of carbonyl (C=O) groups is 1. The highest BCUT2D eigenvalue weighted by atomic mass is 32.2. The van der Waals surface area contributed by atoms with Gasteiger partial charge in [-0.15, -0.1) is 0 Å². The molecule has 0 aromatic heterocycles. The van der Waals surface area contributed by atoms with E-state index in [0.29, 0.717) is 11.3 Å². The number of rotatable bonds is 5. The van der Waals surface area contributed by atoms with Crippen molar-refractivity contribution in [3.05, 3.63) is 35.2 Å². The summed E-state index contributed by atoms with van der Waals surface area (Å²) in [7, 11) is -3.46. The maximum Gasteiger partial charge on any atom is 0.306 e. The molecule has 0 aliphatic rings. The molecule has 0 aliphatic carbocycles. The van der Waals surface area contributed by atoms with E-state index in [2.05, 4.69) is 4.85 Å². The Labute approximate surface area is 132 Å². The lowest BCUT2D eigenvalue weighted by molar-refractivity contribution is -0.154. The fourth-order valence-electron chi connectivity index (χ4n) is 1.86. The third kappa shape index (κ3) is 5.49. The molecular formula is C16H21NO4S. The van der Waals surface area contributed by atoms with E-state index in [1.54, 1.807) is 27.7 Å². The van der Waals surface area contributed by atoms with Gasteiger partial charge in [0.15, 0.2) is 15.5 Å². The third-order valence-corrected chi connectivity index (χ3v) is 4.66. The van der Waals surface area contributed by atoms with Crippen LogP contribution in [0.4, 0.5) is 5.69 Å². The zero-order valence-electron chi connectivity index (χ0n) is 13.3. The lowest BCUT2D eigenvalue weighted by atomic mass is 10.2. The summed E-state index contributed by atoms with van der Waals surface area (Å²) in [6, 6.07) is 4.43. The Morgan fingerprint density at radius 1 is 1.32 bits per heavy atom. The van der Waals surface area contributed by atoms with Gasteiger partial charge in [0.25, 0.3) is 0 Å². The highest BCUT2D eigenvalue weighted by Gasteiger charge is 2.19. The Hall–Kier alpha value is -1.87. The topological polar surface area (TPSA) is 64.8 Å². The smallest absolute Gasteiger partial charge is 0.306 e. The van der Waals surface area contributed by atoms with Gasteiger partial charge >= 0.3 is 5.97 Å². The minimum atomic E-state index is -3.46. The van der Waals surface area contributed by atoms with E-state index in [1.807, 2.05) is 0 Å². The number of hydrogen-bond acceptors (Lipinski definition) is 4. The van der Waals surface area contributed by atoms with E-state index in [4.69, 9.17) is 11.3 Å². The summed E-state index contributed by atoms with van der Waals surface area (Å²) in [5, 5.41) is 0. The maximum absolute atomic E-state index is 12.2. The van der Waals surface area contributed by atoms with Crippen molar-refractivity contribution in [1.82, 2.24) is 0 Å². The first-order valence-electron chi connectivity index (χ1n) is 6.98. The molecule has 0 heterocycles. The Morgan fingerprint density at radius 3 is 2.45 bits per heavy atom. The summed E-state index contributed by atoms with van der Waals surface area (Å²) in [6.45, 7) is 14.0. The van der Waals surface area contributed by atoms with Crippen LogP contribution < -0.4 is 0 Å². The molecule has 1 rings (SSSR count). The summed E-state index contributed by atoms with van der Waals surface area (Å²) in [6.07, 6.45) is 0.274. The van der Waals surface area contributed by atoms with Crippen LogP contribution in [-0.2, 0) is 19.4 Å². The van der Waals surface area contributed by atoms with Crippen LogP contribution >= 0.6 is 0 Å². The normalized spacial score (nSPS) is 11.8. The second-order valence-corrected chi connectivity index (χ2v) is 8.18. The van der Waals surface area contributed by atoms with Gasteiger partial charge in [0.2, 0.25) is 0 Å². The predicted molar refractivity (Wildman–Crippen MR) is 84.6 cm³/mol. The zero-order valence-corrected chi connectivity index (χ0v) is 14.2. The van der Waals surface area contributed by atoms with Crippen molar-refractivity contribution in [2.75, 3.05) is 5.75 Å². The standard InChI is InChI=1S/C16H21NO4S/c1-12-11-13(8-9-14(12)17-5)22(19,20)10-6-7-15(18)21-16(2,3)4/h8-9,11H,6-7,10H2,1-4H3. The van der Waals surface area contributed by atoms with Gasteiger partial charge in [-0.3, -0.25) is 4.79 Å². The van der Waals surface area contributed by atoms with E-state index < -0.39 is 21.4 Å². The SMILES string of the molecule is [C-]#[N+]c1ccc(S(=O)(=O)CCCC(=O)OC(C)(C)C)cc1C. The Balaban J connectivity index is 2.67. The highest BCUT2D eigenvalue weighted by Crippen LogP contribution is 2.23. The van der Waals surface area contributed by atoms with Crippen molar-refractivity contribution in [3.8, 4) is 0 Å². The molecule has 1 aromatic carbocycles. The number of aryl methyl sites for hydroxylation is 1. The zero-order chi connectivity index (χ0) is 17.0. The average molecular weight is 323 g/mol. The van der Waals surface area contributed by atoms with Gasteiger partial charge in [0.1, 0.15) is 5.60 Å². The fraction of sp³-hybridized carbons (Fsp3) is 0.500. The van der Waals surface area contributed by atoms with E-state index in [1.165, 1.54) is 18.2 Å². The average Bonchev–Trinajstić information content (AvgIpc) is 2.36. The van der Waals surface area contributed by atoms with Crippen LogP contribution in [0, 0.1) is 13.5 Å². The van der Waals surface area contributed by atoms with Crippen molar-refractivity contribution in [3.63, 3.8) is 0 Å². The third-order valence-electron chi connectivity index (χ3n) is 2.86. The first kappa shape index (κ1) is 18.2. The molecule has 0 saturated carbocycles. The van der Waals surface area contributed by atoms with Crippen LogP contribution in [0.3, 0.4) is 0 Å². The monoisotopic (exact) mass is 323 g/mol. The second kappa shape index (κ2) is 6.93. The first-order chi connectivity index (χ1) is 10.0. The van der Waals surface area contributed by atoms with Crippen LogP contribution in [-0.4, -0.2) is 25.7 Å². The molecule has 0 atom stereocenters. The minimum absolute atomic E-state index is 0.0651. The maximum atomic E-state index is 12.2. The van der Waals surface area contributed by atoms with Gasteiger partial charge in [-0.05, 0) is 39.7 Å². The van der Waals surface area contributed by atoms with Crippen molar-refractivity contribution < 1.29 is 17.9 Å². The van der Waals surface area contributed by atoms with E-state index >= 15 is 0 Å². The number of nitrogens with zero attached hydrogens (tertiary/aromatic N) is 1. The van der Waals surface area contributed by atoms with Crippen molar-refractivity contribution in [1.29, 1.82) is 0 Å². The van der Waals surface area contributed by atoms with Crippen LogP contribution in [0.5, 0.6) is 0 Å². The Morgan fingerprint density at radius 2 is 1.95 bits per heavy atom. The van der Waals surface area contributed by atoms with Crippen LogP contribution in [0.15, 0.2) is 23.1 Å². The lowest BCUT2D eigenvalue weighted by Gasteiger charge is -2.19. The lowest BCUT2D eigenvalue weighted by Crippen LogP contribution is -2.24. The van der Waals surface area contributed by atoms with Gasteiger partial charge in [-0.1, -0.05) is 18.2 Å². The quantitative estimate of drug-likeness (QED) is 0.615. The molecule has 5 nitrogen and oxygen atoms in total. The first-order valence-corrected chi connectivity index (χ1v) is 8.63. The summed E-state index contributed by atoms with van der Waals surface area (Å²) in [4.78, 5) is 15.1. The Bertz CT molecular complexity index is 694. The van der Waals surface area contributed by atoms with Crippen molar-refractivity contribution >= 4 is 21.5 Å². The van der Waals surface area contributed by atoms with E-state index in [9.17, 15) is 13.2 Å². The molecule has 0 amide bonds. The number of ether oxygens (including phenoxy) is 1. The van der Waals surface area contributed by atoms with Crippen molar-refractivity contribution in [2.24, 2.45) is 0 Å². The molecule has 6 heteroatoms. The summed E-state index contributed by atoms with van der Waals surface area (Å²) < 4.78 is 29.6. The molecule has 0 N–H and O–H groups in total. The molecule has 0 fully saturated rings. The van der Waals surface area contributed by atoms with Crippen molar-refractivity contribution in [2.45, 2.75) is 51.0 Å². The molecule has 1 aromatic rings. The number of carbonyl (C=O) groups excluding carboxylic acids is 1. The fourth-order valence-corrected chi connectivity index (χ4v) is 3.26. The highest BCUT2D eigenvalue weighted by molar-refractivity contribution is 7.91. The van der Waals surface area contributed by atoms with E-state index in [-0.39, 0.29) is 23.5 Å².